The van der Waals surface area contributed by atoms with Crippen molar-refractivity contribution in [1.29, 1.82) is 0 Å². The van der Waals surface area contributed by atoms with Crippen LogP contribution in [0.25, 0.3) is 0 Å². The van der Waals surface area contributed by atoms with E-state index >= 15 is 0 Å². The first kappa shape index (κ1) is 23.6. The molecule has 0 bridgehead atoms. The van der Waals surface area contributed by atoms with Crippen LogP contribution in [0.1, 0.15) is 11.1 Å². The van der Waals surface area contributed by atoms with Crippen LogP contribution in [0.5, 0.6) is 5.88 Å². The van der Waals surface area contributed by atoms with Gasteiger partial charge in [-0.25, -0.2) is 9.37 Å². The average molecular weight is 516 g/mol. The summed E-state index contributed by atoms with van der Waals surface area (Å²) in [6.07, 6.45) is 2.23. The quantitative estimate of drug-likeness (QED) is 0.537. The Hall–Kier alpha value is -2.08. The molecule has 0 atom stereocenters. The van der Waals surface area contributed by atoms with Gasteiger partial charge in [-0.15, -0.1) is 0 Å². The van der Waals surface area contributed by atoms with E-state index in [0.29, 0.717) is 17.6 Å². The highest BCUT2D eigenvalue weighted by Gasteiger charge is 2.22. The number of pyridine rings is 1. The molecule has 0 radical (unpaired) electrons. The maximum Gasteiger partial charge on any atom is 0.269 e. The summed E-state index contributed by atoms with van der Waals surface area (Å²) < 4.78 is 50.5. The Morgan fingerprint density at radius 2 is 1.87 bits per heavy atom. The molecule has 8 nitrogen and oxygen atoms in total. The molecule has 1 amide bonds. The Morgan fingerprint density at radius 3 is 2.52 bits per heavy atom. The summed E-state index contributed by atoms with van der Waals surface area (Å²) in [6.45, 7) is 3.10. The van der Waals surface area contributed by atoms with E-state index in [2.05, 4.69) is 25.8 Å². The summed E-state index contributed by atoms with van der Waals surface area (Å²) in [5.74, 6) is -1.13. The Kier molecular flexibility index (Phi) is 7.98. The molecule has 0 unspecified atom stereocenters. The van der Waals surface area contributed by atoms with Crippen LogP contribution in [0.2, 0.25) is 0 Å². The molecule has 11 heteroatoms. The van der Waals surface area contributed by atoms with Crippen molar-refractivity contribution in [2.24, 2.45) is 0 Å². The fourth-order valence-electron chi connectivity index (χ4n) is 3.28. The molecule has 0 aliphatic carbocycles. The molecule has 1 N–H and O–H groups in total. The molecule has 1 aliphatic rings. The summed E-state index contributed by atoms with van der Waals surface area (Å²) in [4.78, 5) is 20.4. The van der Waals surface area contributed by atoms with Gasteiger partial charge in [0.1, 0.15) is 11.6 Å². The average Bonchev–Trinajstić information content (AvgIpc) is 2.72. The van der Waals surface area contributed by atoms with Crippen LogP contribution >= 0.6 is 15.9 Å². The number of halogens is 2. The lowest BCUT2D eigenvalue weighted by Gasteiger charge is -2.34. The van der Waals surface area contributed by atoms with E-state index < -0.39 is 15.9 Å². The second-order valence-corrected chi connectivity index (χ2v) is 9.60. The molecule has 1 aliphatic heterocycles. The van der Waals surface area contributed by atoms with Gasteiger partial charge in [0.25, 0.3) is 16.0 Å². The minimum absolute atomic E-state index is 0.00731. The van der Waals surface area contributed by atoms with E-state index in [1.165, 1.54) is 24.4 Å². The van der Waals surface area contributed by atoms with Gasteiger partial charge in [0.15, 0.2) is 6.61 Å². The molecule has 1 aromatic carbocycles. The van der Waals surface area contributed by atoms with Crippen LogP contribution in [-0.4, -0.2) is 73.0 Å². The van der Waals surface area contributed by atoms with Gasteiger partial charge in [0, 0.05) is 49.0 Å². The van der Waals surface area contributed by atoms with Gasteiger partial charge in [-0.1, -0.05) is 12.1 Å². The molecule has 0 saturated carbocycles. The molecule has 1 saturated heterocycles. The third-order valence-electron chi connectivity index (χ3n) is 4.92. The van der Waals surface area contributed by atoms with Crippen LogP contribution in [0.4, 0.5) is 4.39 Å². The highest BCUT2D eigenvalue weighted by atomic mass is 79.9. The lowest BCUT2D eigenvalue weighted by molar-refractivity contribution is -0.135. The number of rotatable bonds is 8. The summed E-state index contributed by atoms with van der Waals surface area (Å²) in [7, 11) is -4.27. The first-order valence-electron chi connectivity index (χ1n) is 9.66. The summed E-state index contributed by atoms with van der Waals surface area (Å²) in [6, 6.07) is 7.93. The summed E-state index contributed by atoms with van der Waals surface area (Å²) >= 11 is 3.19. The highest BCUT2D eigenvalue weighted by molar-refractivity contribution is 9.10. The first-order chi connectivity index (χ1) is 14.7. The number of hydrogen-bond donors (Lipinski definition) is 1. The molecule has 0 spiro atoms. The van der Waals surface area contributed by atoms with E-state index in [9.17, 15) is 17.6 Å². The lowest BCUT2D eigenvalue weighted by atomic mass is 10.1. The van der Waals surface area contributed by atoms with E-state index in [0.717, 1.165) is 31.6 Å². The van der Waals surface area contributed by atoms with Crippen molar-refractivity contribution >= 4 is 32.0 Å². The van der Waals surface area contributed by atoms with Gasteiger partial charge < -0.3 is 9.64 Å². The largest absolute Gasteiger partial charge is 0.467 e. The van der Waals surface area contributed by atoms with Crippen LogP contribution < -0.4 is 4.74 Å². The van der Waals surface area contributed by atoms with Crippen molar-refractivity contribution in [3.63, 3.8) is 0 Å². The fraction of sp³-hybridized carbons (Fsp3) is 0.400. The van der Waals surface area contributed by atoms with Crippen molar-refractivity contribution in [2.75, 3.05) is 39.3 Å². The van der Waals surface area contributed by atoms with E-state index in [1.807, 2.05) is 0 Å². The zero-order valence-electron chi connectivity index (χ0n) is 16.7. The molecule has 2 aromatic rings. The molecule has 168 valence electrons. The Bertz CT molecular complexity index is 1010. The number of aromatic nitrogens is 1. The van der Waals surface area contributed by atoms with Gasteiger partial charge in [-0.3, -0.25) is 14.2 Å². The Labute approximate surface area is 188 Å². The molecule has 2 heterocycles. The van der Waals surface area contributed by atoms with Gasteiger partial charge in [-0.2, -0.15) is 8.42 Å². The van der Waals surface area contributed by atoms with E-state index in [-0.39, 0.29) is 29.8 Å². The second kappa shape index (κ2) is 10.5. The number of benzene rings is 1. The smallest absolute Gasteiger partial charge is 0.269 e. The van der Waals surface area contributed by atoms with Crippen LogP contribution in [-0.2, 0) is 27.1 Å². The molecule has 1 fully saturated rings. The number of ether oxygens (including phenoxy) is 1. The van der Waals surface area contributed by atoms with Gasteiger partial charge in [0.2, 0.25) is 5.88 Å². The normalized spacial score (nSPS) is 15.1. The second-order valence-electron chi connectivity index (χ2n) is 7.23. The van der Waals surface area contributed by atoms with Crippen molar-refractivity contribution in [3.05, 3.63) is 57.9 Å². The van der Waals surface area contributed by atoms with Crippen molar-refractivity contribution in [2.45, 2.75) is 12.2 Å². The summed E-state index contributed by atoms with van der Waals surface area (Å²) in [5, 5.41) is 0. The van der Waals surface area contributed by atoms with Crippen LogP contribution in [0.3, 0.4) is 0 Å². The minimum atomic E-state index is -4.27. The zero-order valence-corrected chi connectivity index (χ0v) is 19.1. The van der Waals surface area contributed by atoms with E-state index in [1.54, 1.807) is 17.0 Å². The van der Waals surface area contributed by atoms with Gasteiger partial charge >= 0.3 is 0 Å². The number of carbonyl (C=O) groups excluding carboxylic acids is 1. The minimum Gasteiger partial charge on any atom is -0.467 e. The molecule has 31 heavy (non-hydrogen) atoms. The summed E-state index contributed by atoms with van der Waals surface area (Å²) in [5.41, 5.74) is 1.23. The molecule has 3 rings (SSSR count). The van der Waals surface area contributed by atoms with E-state index in [4.69, 9.17) is 9.29 Å². The monoisotopic (exact) mass is 515 g/mol. The number of piperazine rings is 1. The number of amides is 1. The third kappa shape index (κ3) is 7.53. The zero-order chi connectivity index (χ0) is 22.4. The standard InChI is InChI=1S/C20H23BrFN3O5S/c21-17-11-16(14-31(27,28)29)20(23-12-17)30-13-19(26)25-9-7-24(8-10-25)6-5-15-1-3-18(22)4-2-15/h1-4,11-12H,5-10,13-14H2,(H,27,28,29). The molecular weight excluding hydrogens is 493 g/mol. The maximum atomic E-state index is 13.0. The van der Waals surface area contributed by atoms with Crippen molar-refractivity contribution in [3.8, 4) is 5.88 Å². The number of nitrogens with zero attached hydrogens (tertiary/aromatic N) is 3. The SMILES string of the molecule is O=C(COc1ncc(Br)cc1CS(=O)(=O)O)N1CCN(CCc2ccc(F)cc2)CC1. The topological polar surface area (TPSA) is 100 Å². The highest BCUT2D eigenvalue weighted by Crippen LogP contribution is 2.22. The Balaban J connectivity index is 1.46. The van der Waals surface area contributed by atoms with Crippen LogP contribution in [0, 0.1) is 5.82 Å². The lowest BCUT2D eigenvalue weighted by Crippen LogP contribution is -2.50. The number of hydrogen-bond acceptors (Lipinski definition) is 6. The predicted octanol–water partition coefficient (Wildman–Crippen LogP) is 2.14. The molecular formula is C20H23BrFN3O5S. The maximum absolute atomic E-state index is 13.0. The van der Waals surface area contributed by atoms with Crippen LogP contribution in [0.15, 0.2) is 41.0 Å². The number of carbonyl (C=O) groups is 1. The Morgan fingerprint density at radius 1 is 1.19 bits per heavy atom. The van der Waals surface area contributed by atoms with Crippen molar-refractivity contribution < 1.29 is 26.9 Å². The van der Waals surface area contributed by atoms with Gasteiger partial charge in [-0.05, 0) is 46.1 Å². The molecule has 1 aromatic heterocycles. The fourth-order valence-corrected chi connectivity index (χ4v) is 4.26. The van der Waals surface area contributed by atoms with Gasteiger partial charge in [0.05, 0.1) is 0 Å². The third-order valence-corrected chi connectivity index (χ3v) is 6.03. The first-order valence-corrected chi connectivity index (χ1v) is 12.1. The predicted molar refractivity (Wildman–Crippen MR) is 116 cm³/mol. The van der Waals surface area contributed by atoms with Crippen molar-refractivity contribution in [1.82, 2.24) is 14.8 Å².